The molecule has 5 rings (SSSR count). The first-order valence-electron chi connectivity index (χ1n) is 9.59. The third-order valence-corrected chi connectivity index (χ3v) is 6.94. The Morgan fingerprint density at radius 3 is 2.69 bits per heavy atom. The zero-order valence-electron chi connectivity index (χ0n) is 15.4. The molecule has 26 heavy (non-hydrogen) atoms. The van der Waals surface area contributed by atoms with E-state index in [1.165, 1.54) is 16.2 Å². The number of rotatable bonds is 2. The summed E-state index contributed by atoms with van der Waals surface area (Å²) in [5.74, 6) is 1.05. The SMILES string of the molecule is CC(C)N1CCC2(CC1)Oc1ccccc1[C@H]1CC(c3cccs3)=NN12. The minimum atomic E-state index is -0.302. The van der Waals surface area contributed by atoms with Crippen LogP contribution in [0.2, 0.25) is 0 Å². The van der Waals surface area contributed by atoms with Crippen molar-refractivity contribution in [2.75, 3.05) is 13.1 Å². The van der Waals surface area contributed by atoms with Gasteiger partial charge in [-0.1, -0.05) is 24.3 Å². The molecule has 136 valence electrons. The summed E-state index contributed by atoms with van der Waals surface area (Å²) in [4.78, 5) is 3.83. The molecule has 0 bridgehead atoms. The molecule has 3 aliphatic rings. The number of fused-ring (bicyclic) bond motifs is 4. The molecule has 4 nitrogen and oxygen atoms in total. The predicted molar refractivity (Wildman–Crippen MR) is 106 cm³/mol. The maximum Gasteiger partial charge on any atom is 0.200 e. The largest absolute Gasteiger partial charge is 0.466 e. The van der Waals surface area contributed by atoms with Crippen molar-refractivity contribution in [1.29, 1.82) is 0 Å². The van der Waals surface area contributed by atoms with Crippen LogP contribution < -0.4 is 4.74 Å². The van der Waals surface area contributed by atoms with Crippen molar-refractivity contribution in [3.63, 3.8) is 0 Å². The minimum absolute atomic E-state index is 0.294. The number of likely N-dealkylation sites (tertiary alicyclic amines) is 1. The second-order valence-corrected chi connectivity index (χ2v) is 8.75. The van der Waals surface area contributed by atoms with E-state index in [1.54, 1.807) is 11.3 Å². The molecule has 1 aromatic carbocycles. The highest BCUT2D eigenvalue weighted by molar-refractivity contribution is 7.12. The van der Waals surface area contributed by atoms with Gasteiger partial charge in [0.15, 0.2) is 0 Å². The van der Waals surface area contributed by atoms with Crippen LogP contribution in [0.15, 0.2) is 46.9 Å². The lowest BCUT2D eigenvalue weighted by atomic mass is 9.91. The first-order chi connectivity index (χ1) is 12.7. The number of hydrogen-bond acceptors (Lipinski definition) is 5. The maximum absolute atomic E-state index is 6.66. The lowest BCUT2D eigenvalue weighted by Crippen LogP contribution is -2.59. The third kappa shape index (κ3) is 2.48. The van der Waals surface area contributed by atoms with E-state index in [9.17, 15) is 0 Å². The van der Waals surface area contributed by atoms with Crippen molar-refractivity contribution in [1.82, 2.24) is 9.91 Å². The van der Waals surface area contributed by atoms with Gasteiger partial charge in [0.1, 0.15) is 5.75 Å². The molecule has 0 aliphatic carbocycles. The number of hydrogen-bond donors (Lipinski definition) is 0. The second-order valence-electron chi connectivity index (χ2n) is 7.80. The monoisotopic (exact) mass is 367 g/mol. The number of benzene rings is 1. The Bertz CT molecular complexity index is 822. The number of nitrogens with zero attached hydrogens (tertiary/aromatic N) is 3. The lowest BCUT2D eigenvalue weighted by molar-refractivity contribution is -0.152. The second kappa shape index (κ2) is 6.10. The zero-order valence-corrected chi connectivity index (χ0v) is 16.2. The molecule has 0 N–H and O–H groups in total. The molecule has 5 heteroatoms. The standard InChI is InChI=1S/C21H25N3OS/c1-15(2)23-11-9-21(10-12-23)24-18(16-6-3-4-7-19(16)25-21)14-17(22-24)20-8-5-13-26-20/h3-8,13,15,18H,9-12,14H2,1-2H3/t18-/m1/s1. The zero-order chi connectivity index (χ0) is 17.7. The van der Waals surface area contributed by atoms with Crippen LogP contribution in [0.1, 0.15) is 49.6 Å². The summed E-state index contributed by atoms with van der Waals surface area (Å²) in [6.07, 6.45) is 2.96. The molecule has 1 spiro atoms. The Morgan fingerprint density at radius 2 is 1.96 bits per heavy atom. The first kappa shape index (κ1) is 16.3. The van der Waals surface area contributed by atoms with Gasteiger partial charge in [-0.15, -0.1) is 11.3 Å². The van der Waals surface area contributed by atoms with Gasteiger partial charge in [0.25, 0.3) is 0 Å². The third-order valence-electron chi connectivity index (χ3n) is 6.02. The van der Waals surface area contributed by atoms with Gasteiger partial charge < -0.3 is 9.64 Å². The van der Waals surface area contributed by atoms with E-state index in [0.29, 0.717) is 12.1 Å². The highest BCUT2D eigenvalue weighted by atomic mass is 32.1. The Kier molecular flexibility index (Phi) is 3.83. The molecule has 2 aromatic rings. The highest BCUT2D eigenvalue weighted by Gasteiger charge is 2.51. The Balaban J connectivity index is 1.53. The van der Waals surface area contributed by atoms with Crippen molar-refractivity contribution in [2.24, 2.45) is 5.10 Å². The number of ether oxygens (including phenoxy) is 1. The molecular weight excluding hydrogens is 342 g/mol. The van der Waals surface area contributed by atoms with Crippen LogP contribution in [0.4, 0.5) is 0 Å². The fourth-order valence-electron chi connectivity index (χ4n) is 4.54. The summed E-state index contributed by atoms with van der Waals surface area (Å²) in [5, 5.41) is 9.56. The number of para-hydroxylation sites is 1. The summed E-state index contributed by atoms with van der Waals surface area (Å²) >= 11 is 1.78. The average molecular weight is 368 g/mol. The van der Waals surface area contributed by atoms with E-state index < -0.39 is 0 Å². The van der Waals surface area contributed by atoms with Gasteiger partial charge in [-0.2, -0.15) is 5.10 Å². The number of piperidine rings is 1. The van der Waals surface area contributed by atoms with E-state index in [0.717, 1.165) is 38.1 Å². The quantitative estimate of drug-likeness (QED) is 0.783. The first-order valence-corrected chi connectivity index (χ1v) is 10.5. The molecule has 1 aromatic heterocycles. The molecule has 1 saturated heterocycles. The van der Waals surface area contributed by atoms with Crippen LogP contribution in [-0.2, 0) is 0 Å². The summed E-state index contributed by atoms with van der Waals surface area (Å²) in [6.45, 7) is 6.68. The van der Waals surface area contributed by atoms with Crippen molar-refractivity contribution >= 4 is 17.0 Å². The molecule has 4 heterocycles. The van der Waals surface area contributed by atoms with E-state index in [2.05, 4.69) is 65.5 Å². The van der Waals surface area contributed by atoms with Crippen molar-refractivity contribution in [2.45, 2.75) is 50.9 Å². The van der Waals surface area contributed by atoms with Gasteiger partial charge in [0, 0.05) is 44.0 Å². The smallest absolute Gasteiger partial charge is 0.200 e. The van der Waals surface area contributed by atoms with E-state index in [4.69, 9.17) is 9.84 Å². The topological polar surface area (TPSA) is 28.1 Å². The van der Waals surface area contributed by atoms with Crippen LogP contribution in [0, 0.1) is 0 Å². The summed E-state index contributed by atoms with van der Waals surface area (Å²) in [7, 11) is 0. The maximum atomic E-state index is 6.66. The Morgan fingerprint density at radius 1 is 1.15 bits per heavy atom. The fraction of sp³-hybridized carbons (Fsp3) is 0.476. The van der Waals surface area contributed by atoms with Crippen LogP contribution in [0.25, 0.3) is 0 Å². The van der Waals surface area contributed by atoms with Gasteiger partial charge >= 0.3 is 0 Å². The van der Waals surface area contributed by atoms with E-state index in [-0.39, 0.29) is 5.72 Å². The molecule has 0 saturated carbocycles. The number of hydrazone groups is 1. The van der Waals surface area contributed by atoms with Crippen molar-refractivity contribution < 1.29 is 4.74 Å². The van der Waals surface area contributed by atoms with E-state index in [1.807, 2.05) is 0 Å². The van der Waals surface area contributed by atoms with Crippen LogP contribution in [0.5, 0.6) is 5.75 Å². The fourth-order valence-corrected chi connectivity index (χ4v) is 5.26. The molecule has 0 radical (unpaired) electrons. The minimum Gasteiger partial charge on any atom is -0.466 e. The number of thiophene rings is 1. The van der Waals surface area contributed by atoms with Crippen LogP contribution >= 0.6 is 11.3 Å². The summed E-state index contributed by atoms with van der Waals surface area (Å²) in [6, 6.07) is 13.7. The van der Waals surface area contributed by atoms with E-state index >= 15 is 0 Å². The van der Waals surface area contributed by atoms with Crippen LogP contribution in [-0.4, -0.2) is 40.5 Å². The predicted octanol–water partition coefficient (Wildman–Crippen LogP) is 4.49. The van der Waals surface area contributed by atoms with Gasteiger partial charge in [0.05, 0.1) is 16.6 Å². The Hall–Kier alpha value is -1.85. The van der Waals surface area contributed by atoms with Gasteiger partial charge in [-0.05, 0) is 31.4 Å². The Labute approximate surface area is 159 Å². The van der Waals surface area contributed by atoms with Crippen molar-refractivity contribution in [3.05, 3.63) is 52.2 Å². The van der Waals surface area contributed by atoms with Gasteiger partial charge in [0.2, 0.25) is 5.72 Å². The normalized spacial score (nSPS) is 24.3. The molecular formula is C21H25N3OS. The van der Waals surface area contributed by atoms with Crippen LogP contribution in [0.3, 0.4) is 0 Å². The molecule has 1 fully saturated rings. The summed E-state index contributed by atoms with van der Waals surface area (Å²) in [5.41, 5.74) is 2.18. The lowest BCUT2D eigenvalue weighted by Gasteiger charge is -2.51. The molecule has 3 aliphatic heterocycles. The average Bonchev–Trinajstić information content (AvgIpc) is 3.32. The molecule has 1 atom stereocenters. The summed E-state index contributed by atoms with van der Waals surface area (Å²) < 4.78 is 6.66. The molecule has 0 unspecified atom stereocenters. The van der Waals surface area contributed by atoms with Gasteiger partial charge in [-0.3, -0.25) is 0 Å². The van der Waals surface area contributed by atoms with Gasteiger partial charge in [-0.25, -0.2) is 5.01 Å². The van der Waals surface area contributed by atoms with Crippen molar-refractivity contribution in [3.8, 4) is 5.75 Å². The molecule has 0 amide bonds. The highest BCUT2D eigenvalue weighted by Crippen LogP contribution is 2.50.